The van der Waals surface area contributed by atoms with E-state index in [2.05, 4.69) is 0 Å². The van der Waals surface area contributed by atoms with E-state index < -0.39 is 0 Å². The van der Waals surface area contributed by atoms with Crippen LogP contribution in [0.2, 0.25) is 0 Å². The summed E-state index contributed by atoms with van der Waals surface area (Å²) in [5, 5.41) is 0. The van der Waals surface area contributed by atoms with Gasteiger partial charge < -0.3 is 4.90 Å². The van der Waals surface area contributed by atoms with Crippen molar-refractivity contribution in [3.8, 4) is 0 Å². The van der Waals surface area contributed by atoms with Crippen LogP contribution >= 0.6 is 0 Å². The number of rotatable bonds is 1. The lowest BCUT2D eigenvalue weighted by atomic mass is 10.0. The third kappa shape index (κ3) is 1.21. The number of nitrogens with zero attached hydrogens (tertiary/aromatic N) is 1. The molecular formula is C11H11NO2. The maximum absolute atomic E-state index is 11.5. The first-order valence-corrected chi connectivity index (χ1v) is 4.49. The van der Waals surface area contributed by atoms with Crippen LogP contribution in [0.4, 0.5) is 0 Å². The molecule has 1 aliphatic rings. The molecule has 3 heteroatoms. The monoisotopic (exact) mass is 189 g/mol. The maximum atomic E-state index is 11.5. The largest absolute Gasteiger partial charge is 0.337 e. The van der Waals surface area contributed by atoms with E-state index in [1.807, 2.05) is 0 Å². The van der Waals surface area contributed by atoms with Crippen LogP contribution in [0.5, 0.6) is 0 Å². The average Bonchev–Trinajstić information content (AvgIpc) is 2.42. The van der Waals surface area contributed by atoms with Crippen molar-refractivity contribution >= 4 is 11.7 Å². The minimum absolute atomic E-state index is 0.0369. The Kier molecular flexibility index (Phi) is 1.88. The number of fused-ring (bicyclic) bond motifs is 1. The molecule has 1 aromatic carbocycles. The second-order valence-corrected chi connectivity index (χ2v) is 3.59. The molecule has 3 nitrogen and oxygen atoms in total. The van der Waals surface area contributed by atoms with Crippen LogP contribution in [-0.2, 0) is 6.54 Å². The number of hydrogen-bond acceptors (Lipinski definition) is 2. The molecule has 0 fully saturated rings. The Morgan fingerprint density at radius 2 is 2.14 bits per heavy atom. The van der Waals surface area contributed by atoms with Crippen molar-refractivity contribution < 1.29 is 9.59 Å². The van der Waals surface area contributed by atoms with Crippen molar-refractivity contribution in [3.05, 3.63) is 34.9 Å². The van der Waals surface area contributed by atoms with Crippen molar-refractivity contribution in [3.63, 3.8) is 0 Å². The van der Waals surface area contributed by atoms with Crippen LogP contribution in [0.15, 0.2) is 18.2 Å². The summed E-state index contributed by atoms with van der Waals surface area (Å²) in [6, 6.07) is 5.25. The molecule has 1 heterocycles. The number of hydrogen-bond donors (Lipinski definition) is 0. The first-order chi connectivity index (χ1) is 6.59. The zero-order chi connectivity index (χ0) is 10.3. The minimum Gasteiger partial charge on any atom is -0.337 e. The fraction of sp³-hybridized carbons (Fsp3) is 0.273. The molecule has 0 aliphatic carbocycles. The molecule has 0 spiro atoms. The van der Waals surface area contributed by atoms with Gasteiger partial charge in [-0.25, -0.2) is 0 Å². The molecule has 14 heavy (non-hydrogen) atoms. The molecule has 2 rings (SSSR count). The first-order valence-electron chi connectivity index (χ1n) is 4.49. The van der Waals surface area contributed by atoms with Gasteiger partial charge in [-0.1, -0.05) is 6.07 Å². The molecule has 1 aliphatic heterocycles. The van der Waals surface area contributed by atoms with Gasteiger partial charge in [0.25, 0.3) is 5.91 Å². The fourth-order valence-electron chi connectivity index (χ4n) is 1.69. The summed E-state index contributed by atoms with van der Waals surface area (Å²) in [6.45, 7) is 2.14. The lowest BCUT2D eigenvalue weighted by Gasteiger charge is -2.04. The van der Waals surface area contributed by atoms with Crippen molar-refractivity contribution in [2.45, 2.75) is 13.5 Å². The minimum atomic E-state index is 0.0369. The van der Waals surface area contributed by atoms with E-state index in [9.17, 15) is 9.59 Å². The van der Waals surface area contributed by atoms with E-state index in [4.69, 9.17) is 0 Å². The van der Waals surface area contributed by atoms with Crippen LogP contribution in [0.1, 0.15) is 33.2 Å². The third-order valence-electron chi connectivity index (χ3n) is 2.50. The van der Waals surface area contributed by atoms with Crippen LogP contribution in [-0.4, -0.2) is 23.6 Å². The van der Waals surface area contributed by atoms with Crippen LogP contribution in [0, 0.1) is 0 Å². The zero-order valence-corrected chi connectivity index (χ0v) is 8.20. The number of benzene rings is 1. The van der Waals surface area contributed by atoms with Crippen LogP contribution in [0.3, 0.4) is 0 Å². The molecule has 72 valence electrons. The normalized spacial score (nSPS) is 14.4. The summed E-state index contributed by atoms with van der Waals surface area (Å²) < 4.78 is 0. The van der Waals surface area contributed by atoms with Crippen molar-refractivity contribution in [2.24, 2.45) is 0 Å². The van der Waals surface area contributed by atoms with E-state index in [-0.39, 0.29) is 11.7 Å². The molecule has 0 saturated carbocycles. The summed E-state index contributed by atoms with van der Waals surface area (Å²) in [7, 11) is 1.76. The van der Waals surface area contributed by atoms with Gasteiger partial charge in [0.15, 0.2) is 5.78 Å². The van der Waals surface area contributed by atoms with Gasteiger partial charge >= 0.3 is 0 Å². The molecule has 0 saturated heterocycles. The van der Waals surface area contributed by atoms with Crippen molar-refractivity contribution in [1.29, 1.82) is 0 Å². The Hall–Kier alpha value is -1.64. The van der Waals surface area contributed by atoms with Crippen molar-refractivity contribution in [1.82, 2.24) is 4.90 Å². The van der Waals surface area contributed by atoms with Gasteiger partial charge in [0.2, 0.25) is 0 Å². The third-order valence-corrected chi connectivity index (χ3v) is 2.50. The van der Waals surface area contributed by atoms with Gasteiger partial charge in [0.1, 0.15) is 0 Å². The number of amides is 1. The predicted octanol–water partition coefficient (Wildman–Crippen LogP) is 1.47. The molecule has 0 bridgehead atoms. The molecule has 0 atom stereocenters. The molecule has 0 aromatic heterocycles. The molecule has 1 aromatic rings. The van der Waals surface area contributed by atoms with Crippen LogP contribution < -0.4 is 0 Å². The van der Waals surface area contributed by atoms with Crippen molar-refractivity contribution in [2.75, 3.05) is 7.05 Å². The highest BCUT2D eigenvalue weighted by Crippen LogP contribution is 2.22. The lowest BCUT2D eigenvalue weighted by Crippen LogP contribution is -2.17. The molecule has 1 amide bonds. The molecular weight excluding hydrogens is 178 g/mol. The van der Waals surface area contributed by atoms with E-state index in [1.54, 1.807) is 30.1 Å². The summed E-state index contributed by atoms with van der Waals surface area (Å²) in [5.74, 6) is 0.0740. The van der Waals surface area contributed by atoms with Gasteiger partial charge in [0.05, 0.1) is 0 Å². The highest BCUT2D eigenvalue weighted by molar-refractivity contribution is 6.00. The standard InChI is InChI=1S/C11H11NO2/c1-7(13)8-3-4-10-9(5-8)6-12(2)11(10)14/h3-5H,6H2,1-2H3. The molecule has 0 N–H and O–H groups in total. The quantitative estimate of drug-likeness (QED) is 0.627. The lowest BCUT2D eigenvalue weighted by molar-refractivity contribution is 0.0816. The van der Waals surface area contributed by atoms with Gasteiger partial charge in [-0.3, -0.25) is 9.59 Å². The Morgan fingerprint density at radius 1 is 1.43 bits per heavy atom. The van der Waals surface area contributed by atoms with Crippen LogP contribution in [0.25, 0.3) is 0 Å². The van der Waals surface area contributed by atoms with Gasteiger partial charge in [-0.2, -0.15) is 0 Å². The van der Waals surface area contributed by atoms with E-state index in [0.717, 1.165) is 11.1 Å². The number of Topliss-reactive ketones (excluding diaryl/α,β-unsaturated/α-hetero) is 1. The van der Waals surface area contributed by atoms with Gasteiger partial charge in [0, 0.05) is 24.7 Å². The average molecular weight is 189 g/mol. The second-order valence-electron chi connectivity index (χ2n) is 3.59. The number of carbonyl (C=O) groups excluding carboxylic acids is 2. The second kappa shape index (κ2) is 2.94. The van der Waals surface area contributed by atoms with E-state index >= 15 is 0 Å². The topological polar surface area (TPSA) is 37.4 Å². The Morgan fingerprint density at radius 3 is 2.79 bits per heavy atom. The highest BCUT2D eigenvalue weighted by atomic mass is 16.2. The Labute approximate surface area is 82.3 Å². The summed E-state index contributed by atoms with van der Waals surface area (Å²) in [6.07, 6.45) is 0. The summed E-state index contributed by atoms with van der Waals surface area (Å²) >= 11 is 0. The SMILES string of the molecule is CC(=O)c1ccc2c(c1)CN(C)C2=O. The predicted molar refractivity (Wildman–Crippen MR) is 52.2 cm³/mol. The smallest absolute Gasteiger partial charge is 0.254 e. The van der Waals surface area contributed by atoms with Gasteiger partial charge in [-0.15, -0.1) is 0 Å². The summed E-state index contributed by atoms with van der Waals surface area (Å²) in [4.78, 5) is 24.3. The van der Waals surface area contributed by atoms with E-state index in [1.165, 1.54) is 6.92 Å². The Bertz CT molecular complexity index is 423. The van der Waals surface area contributed by atoms with Gasteiger partial charge in [-0.05, 0) is 24.6 Å². The zero-order valence-electron chi connectivity index (χ0n) is 8.20. The maximum Gasteiger partial charge on any atom is 0.254 e. The first kappa shape index (κ1) is 8.94. The molecule has 0 unspecified atom stereocenters. The number of ketones is 1. The summed E-state index contributed by atoms with van der Waals surface area (Å²) in [5.41, 5.74) is 2.34. The fourth-order valence-corrected chi connectivity index (χ4v) is 1.69. The Balaban J connectivity index is 2.49. The number of carbonyl (C=O) groups is 2. The molecule has 0 radical (unpaired) electrons. The highest BCUT2D eigenvalue weighted by Gasteiger charge is 2.24. The van der Waals surface area contributed by atoms with E-state index in [0.29, 0.717) is 12.1 Å².